The van der Waals surface area contributed by atoms with Gasteiger partial charge in [0.1, 0.15) is 5.82 Å². The fraction of sp³-hybridized carbons (Fsp3) is 0.455. The van der Waals surface area contributed by atoms with Crippen molar-refractivity contribution in [1.29, 1.82) is 0 Å². The molecule has 0 spiro atoms. The normalized spacial score (nSPS) is 12.2. The van der Waals surface area contributed by atoms with Gasteiger partial charge in [0.25, 0.3) is 5.91 Å². The molecule has 3 N–H and O–H groups in total. The number of hydrogen-bond acceptors (Lipinski definition) is 4. The van der Waals surface area contributed by atoms with Crippen molar-refractivity contribution in [2.45, 2.75) is 19.4 Å². The number of carbonyl (C=O) groups is 1. The first-order valence-corrected chi connectivity index (χ1v) is 5.64. The van der Waals surface area contributed by atoms with Gasteiger partial charge < -0.3 is 15.7 Å². The largest absolute Gasteiger partial charge is 0.393 e. The fourth-order valence-corrected chi connectivity index (χ4v) is 1.49. The van der Waals surface area contributed by atoms with E-state index in [4.69, 9.17) is 22.4 Å². The second-order valence-electron chi connectivity index (χ2n) is 3.95. The summed E-state index contributed by atoms with van der Waals surface area (Å²) in [5, 5.41) is 9.43. The lowest BCUT2D eigenvalue weighted by Gasteiger charge is -2.18. The molecule has 94 valence electrons. The van der Waals surface area contributed by atoms with Crippen LogP contribution in [-0.2, 0) is 0 Å². The second-order valence-corrected chi connectivity index (χ2v) is 4.36. The topological polar surface area (TPSA) is 79.5 Å². The lowest BCUT2D eigenvalue weighted by molar-refractivity contribution is 0.0769. The number of aromatic nitrogens is 1. The van der Waals surface area contributed by atoms with Gasteiger partial charge in [0.15, 0.2) is 0 Å². The Morgan fingerprint density at radius 3 is 2.94 bits per heavy atom. The zero-order valence-corrected chi connectivity index (χ0v) is 10.6. The van der Waals surface area contributed by atoms with Crippen LogP contribution in [0.1, 0.15) is 23.7 Å². The third-order valence-corrected chi connectivity index (χ3v) is 2.64. The summed E-state index contributed by atoms with van der Waals surface area (Å²) in [6, 6.07) is 1.45. The third kappa shape index (κ3) is 3.87. The van der Waals surface area contributed by atoms with E-state index >= 15 is 0 Å². The Kier molecular flexibility index (Phi) is 4.72. The Morgan fingerprint density at radius 1 is 1.71 bits per heavy atom. The maximum atomic E-state index is 12.0. The van der Waals surface area contributed by atoms with Gasteiger partial charge in [-0.15, -0.1) is 0 Å². The molecular formula is C11H16ClN3O2. The van der Waals surface area contributed by atoms with Gasteiger partial charge in [-0.05, 0) is 19.4 Å². The number of anilines is 1. The summed E-state index contributed by atoms with van der Waals surface area (Å²) in [7, 11) is 1.65. The third-order valence-electron chi connectivity index (χ3n) is 2.34. The molecule has 5 nitrogen and oxygen atoms in total. The minimum Gasteiger partial charge on any atom is -0.393 e. The SMILES string of the molecule is CC(O)CCN(C)C(=O)c1cc(N)ncc1Cl. The maximum absolute atomic E-state index is 12.0. The van der Waals surface area contributed by atoms with Crippen molar-refractivity contribution in [1.82, 2.24) is 9.88 Å². The van der Waals surface area contributed by atoms with Crippen molar-refractivity contribution in [2.75, 3.05) is 19.3 Å². The van der Waals surface area contributed by atoms with E-state index < -0.39 is 6.10 Å². The van der Waals surface area contributed by atoms with Crippen molar-refractivity contribution in [2.24, 2.45) is 0 Å². The van der Waals surface area contributed by atoms with Crippen LogP contribution in [0.5, 0.6) is 0 Å². The van der Waals surface area contributed by atoms with Crippen LogP contribution in [0.3, 0.4) is 0 Å². The van der Waals surface area contributed by atoms with Crippen molar-refractivity contribution < 1.29 is 9.90 Å². The van der Waals surface area contributed by atoms with Crippen LogP contribution < -0.4 is 5.73 Å². The first-order chi connectivity index (χ1) is 7.91. The molecule has 1 atom stereocenters. The van der Waals surface area contributed by atoms with E-state index in [-0.39, 0.29) is 16.7 Å². The molecule has 0 saturated carbocycles. The molecule has 0 aliphatic carbocycles. The van der Waals surface area contributed by atoms with Gasteiger partial charge in [0, 0.05) is 19.8 Å². The van der Waals surface area contributed by atoms with Crippen LogP contribution in [-0.4, -0.2) is 40.6 Å². The first kappa shape index (κ1) is 13.7. The lowest BCUT2D eigenvalue weighted by atomic mass is 10.2. The average Bonchev–Trinajstić information content (AvgIpc) is 2.28. The minimum absolute atomic E-state index is 0.232. The van der Waals surface area contributed by atoms with Crippen LogP contribution in [0, 0.1) is 0 Å². The highest BCUT2D eigenvalue weighted by atomic mass is 35.5. The molecule has 17 heavy (non-hydrogen) atoms. The second kappa shape index (κ2) is 5.84. The predicted octanol–water partition coefficient (Wildman–Crippen LogP) is 1.16. The lowest BCUT2D eigenvalue weighted by Crippen LogP contribution is -2.29. The zero-order valence-electron chi connectivity index (χ0n) is 9.85. The van der Waals surface area contributed by atoms with Crippen molar-refractivity contribution in [3.8, 4) is 0 Å². The number of aliphatic hydroxyl groups excluding tert-OH is 1. The molecule has 1 aromatic rings. The Labute approximate surface area is 105 Å². The average molecular weight is 258 g/mol. The monoisotopic (exact) mass is 257 g/mol. The number of rotatable bonds is 4. The summed E-state index contributed by atoms with van der Waals surface area (Å²) in [4.78, 5) is 17.3. The number of nitrogens with zero attached hydrogens (tertiary/aromatic N) is 2. The highest BCUT2D eigenvalue weighted by molar-refractivity contribution is 6.33. The molecule has 0 aromatic carbocycles. The molecule has 0 aliphatic heterocycles. The standard InChI is InChI=1S/C11H16ClN3O2/c1-7(16)3-4-15(2)11(17)8-5-10(13)14-6-9(8)12/h5-7,16H,3-4H2,1-2H3,(H2,13,14). The highest BCUT2D eigenvalue weighted by Gasteiger charge is 2.16. The summed E-state index contributed by atoms with van der Waals surface area (Å²) >= 11 is 5.88. The highest BCUT2D eigenvalue weighted by Crippen LogP contribution is 2.18. The molecule has 1 aromatic heterocycles. The molecule has 1 rings (SSSR count). The Balaban J connectivity index is 2.78. The number of amides is 1. The molecule has 6 heteroatoms. The minimum atomic E-state index is -0.441. The Hall–Kier alpha value is -1.33. The van der Waals surface area contributed by atoms with Crippen LogP contribution >= 0.6 is 11.6 Å². The van der Waals surface area contributed by atoms with Gasteiger partial charge >= 0.3 is 0 Å². The van der Waals surface area contributed by atoms with Crippen LogP contribution in [0.2, 0.25) is 5.02 Å². The fourth-order valence-electron chi connectivity index (χ4n) is 1.31. The molecular weight excluding hydrogens is 242 g/mol. The maximum Gasteiger partial charge on any atom is 0.255 e. The molecule has 1 heterocycles. The van der Waals surface area contributed by atoms with E-state index in [1.54, 1.807) is 14.0 Å². The molecule has 0 fully saturated rings. The number of nitrogen functional groups attached to an aromatic ring is 1. The number of carbonyl (C=O) groups excluding carboxylic acids is 1. The molecule has 1 unspecified atom stereocenters. The van der Waals surface area contributed by atoms with E-state index in [0.717, 1.165) is 0 Å². The van der Waals surface area contributed by atoms with E-state index in [1.165, 1.54) is 17.2 Å². The number of halogens is 1. The smallest absolute Gasteiger partial charge is 0.255 e. The summed E-state index contributed by atoms with van der Waals surface area (Å²) in [5.74, 6) is 0.0198. The van der Waals surface area contributed by atoms with E-state index in [2.05, 4.69) is 4.98 Å². The van der Waals surface area contributed by atoms with Gasteiger partial charge in [-0.25, -0.2) is 4.98 Å². The van der Waals surface area contributed by atoms with Gasteiger partial charge in [-0.1, -0.05) is 11.6 Å². The van der Waals surface area contributed by atoms with E-state index in [1.807, 2.05) is 0 Å². The number of pyridine rings is 1. The molecule has 1 amide bonds. The summed E-state index contributed by atoms with van der Waals surface area (Å²) in [5.41, 5.74) is 5.83. The van der Waals surface area contributed by atoms with Gasteiger partial charge in [0.05, 0.1) is 16.7 Å². The molecule has 0 radical (unpaired) electrons. The number of aliphatic hydroxyl groups is 1. The van der Waals surface area contributed by atoms with Crippen LogP contribution in [0.4, 0.5) is 5.82 Å². The van der Waals surface area contributed by atoms with Gasteiger partial charge in [-0.3, -0.25) is 4.79 Å². The Morgan fingerprint density at radius 2 is 2.35 bits per heavy atom. The van der Waals surface area contributed by atoms with E-state index in [9.17, 15) is 4.79 Å². The molecule has 0 bridgehead atoms. The summed E-state index contributed by atoms with van der Waals surface area (Å²) in [6.07, 6.45) is 1.43. The first-order valence-electron chi connectivity index (χ1n) is 5.26. The van der Waals surface area contributed by atoms with Crippen molar-refractivity contribution in [3.05, 3.63) is 22.8 Å². The zero-order chi connectivity index (χ0) is 13.0. The van der Waals surface area contributed by atoms with Crippen LogP contribution in [0.25, 0.3) is 0 Å². The molecule has 0 aliphatic rings. The van der Waals surface area contributed by atoms with Crippen molar-refractivity contribution >= 4 is 23.3 Å². The predicted molar refractivity (Wildman–Crippen MR) is 66.9 cm³/mol. The Bertz CT molecular complexity index is 410. The van der Waals surface area contributed by atoms with Crippen molar-refractivity contribution in [3.63, 3.8) is 0 Å². The number of hydrogen-bond donors (Lipinski definition) is 2. The summed E-state index contributed by atoms with van der Waals surface area (Å²) < 4.78 is 0. The van der Waals surface area contributed by atoms with E-state index in [0.29, 0.717) is 18.5 Å². The summed E-state index contributed by atoms with van der Waals surface area (Å²) in [6.45, 7) is 2.13. The van der Waals surface area contributed by atoms with Gasteiger partial charge in [0.2, 0.25) is 0 Å². The van der Waals surface area contributed by atoms with Crippen LogP contribution in [0.15, 0.2) is 12.3 Å². The number of nitrogens with two attached hydrogens (primary N) is 1. The molecule has 0 saturated heterocycles. The quantitative estimate of drug-likeness (QED) is 0.848. The van der Waals surface area contributed by atoms with Gasteiger partial charge in [-0.2, -0.15) is 0 Å².